The Hall–Kier alpha value is -3.16. The Morgan fingerprint density at radius 3 is 0.979 bits per heavy atom. The fourth-order valence-electron chi connectivity index (χ4n) is 8.87. The molecule has 0 bridgehead atoms. The van der Waals surface area contributed by atoms with Crippen molar-refractivity contribution < 1.29 is 9.47 Å². The van der Waals surface area contributed by atoms with Gasteiger partial charge >= 0.3 is 0 Å². The molecule has 6 heteroatoms. The second kappa shape index (κ2) is 11.7. The number of benzene rings is 6. The lowest BCUT2D eigenvalue weighted by Crippen LogP contribution is -2.57. The van der Waals surface area contributed by atoms with Gasteiger partial charge < -0.3 is 9.47 Å². The molecule has 0 aromatic heterocycles. The van der Waals surface area contributed by atoms with E-state index in [0.29, 0.717) is 0 Å². The first-order valence-electron chi connectivity index (χ1n) is 16.0. The van der Waals surface area contributed by atoms with Crippen molar-refractivity contribution in [2.45, 2.75) is 31.1 Å². The molecule has 3 aliphatic rings. The van der Waals surface area contributed by atoms with E-state index in [-0.39, 0.29) is 7.47 Å². The molecule has 2 nitrogen and oxygen atoms in total. The second-order valence-corrected chi connectivity index (χ2v) is 19.4. The van der Waals surface area contributed by atoms with Crippen molar-refractivity contribution in [3.8, 4) is 34.1 Å². The minimum Gasteiger partial charge on any atom is -0.457 e. The lowest BCUT2D eigenvalue weighted by atomic mass is 9.42. The van der Waals surface area contributed by atoms with Crippen LogP contribution in [0, 0.1) is 0 Å². The lowest BCUT2D eigenvalue weighted by Gasteiger charge is -2.59. The molecule has 6 aromatic carbocycles. The van der Waals surface area contributed by atoms with Crippen molar-refractivity contribution in [1.29, 1.82) is 0 Å². The van der Waals surface area contributed by atoms with Crippen molar-refractivity contribution in [2.24, 2.45) is 0 Å². The minimum absolute atomic E-state index is 0.109. The van der Waals surface area contributed by atoms with Crippen LogP contribution in [0.4, 0.5) is 0 Å². The molecule has 0 saturated heterocycles. The maximum atomic E-state index is 6.83. The number of halogens is 4. The van der Waals surface area contributed by atoms with E-state index in [9.17, 15) is 0 Å². The molecule has 2 spiro atoms. The minimum atomic E-state index is -0.748. The van der Waals surface area contributed by atoms with Crippen molar-refractivity contribution >= 4 is 63.7 Å². The predicted octanol–water partition coefficient (Wildman–Crippen LogP) is 12.6. The lowest BCUT2D eigenvalue weighted by molar-refractivity contribution is 0.319. The Morgan fingerprint density at radius 1 is 0.375 bits per heavy atom. The van der Waals surface area contributed by atoms with Gasteiger partial charge in [0.2, 0.25) is 0 Å². The maximum Gasteiger partial charge on any atom is 0.131 e. The summed E-state index contributed by atoms with van der Waals surface area (Å²) in [5, 5.41) is 0. The van der Waals surface area contributed by atoms with Crippen LogP contribution in [0.25, 0.3) is 11.1 Å². The Bertz CT molecular complexity index is 1990. The molecule has 0 fully saturated rings. The van der Waals surface area contributed by atoms with E-state index in [0.717, 1.165) is 58.1 Å². The first-order valence-corrected chi connectivity index (χ1v) is 19.7. The van der Waals surface area contributed by atoms with E-state index >= 15 is 0 Å². The summed E-state index contributed by atoms with van der Waals surface area (Å²) in [5.74, 6) is 3.47. The standard InChI is InChI=1S/C42H28Br4O2/c43-37(44)23-25-11-9-17-31-39(25)40-26(24-38(45)46)12-10-18-32(40)42(29-15-3-7-21-35(29)48-36-22-8-4-16-30(36)42)41(31)27-13-1-5-19-33(27)47-34-20-6-2-14-28(34)41/h1-22,37-38H,23-24H2. The number of hydrogen-bond acceptors (Lipinski definition) is 2. The molecule has 6 aromatic rings. The van der Waals surface area contributed by atoms with Gasteiger partial charge in [0.1, 0.15) is 23.0 Å². The summed E-state index contributed by atoms with van der Waals surface area (Å²) in [6, 6.07) is 48.4. The van der Waals surface area contributed by atoms with Crippen molar-refractivity contribution in [2.75, 3.05) is 0 Å². The molecule has 0 saturated carbocycles. The van der Waals surface area contributed by atoms with Gasteiger partial charge in [0.05, 0.1) is 18.3 Å². The van der Waals surface area contributed by atoms with Gasteiger partial charge in [-0.05, 0) is 70.5 Å². The van der Waals surface area contributed by atoms with E-state index in [1.165, 1.54) is 33.4 Å². The summed E-state index contributed by atoms with van der Waals surface area (Å²) in [4.78, 5) is 0. The third-order valence-electron chi connectivity index (χ3n) is 10.3. The molecule has 1 aliphatic carbocycles. The van der Waals surface area contributed by atoms with Crippen LogP contribution in [0.1, 0.15) is 44.5 Å². The van der Waals surface area contributed by atoms with Gasteiger partial charge in [-0.25, -0.2) is 0 Å². The predicted molar refractivity (Wildman–Crippen MR) is 208 cm³/mol. The Morgan fingerprint density at radius 2 is 0.667 bits per heavy atom. The van der Waals surface area contributed by atoms with Crippen LogP contribution in [0.2, 0.25) is 0 Å². The Labute approximate surface area is 314 Å². The van der Waals surface area contributed by atoms with Gasteiger partial charge in [-0.3, -0.25) is 0 Å². The third kappa shape index (κ3) is 4.19. The molecular formula is C42H28Br4O2. The quantitative estimate of drug-likeness (QED) is 0.164. The normalized spacial score (nSPS) is 15.5. The number of hydrogen-bond donors (Lipinski definition) is 0. The molecule has 9 rings (SSSR count). The van der Waals surface area contributed by atoms with E-state index in [1.807, 2.05) is 0 Å². The van der Waals surface area contributed by atoms with Gasteiger partial charge in [0.25, 0.3) is 0 Å². The highest BCUT2D eigenvalue weighted by molar-refractivity contribution is 9.25. The number of fused-ring (bicyclic) bond motifs is 14. The number of rotatable bonds is 4. The first kappa shape index (κ1) is 30.9. The SMILES string of the molecule is BrC(Br)Cc1cccc2c1-c1c(CC(Br)Br)cccc1C1(c3ccccc3Oc3ccccc31)C21c2ccccc2Oc2ccccc21. The van der Waals surface area contributed by atoms with Gasteiger partial charge in [-0.2, -0.15) is 0 Å². The van der Waals surface area contributed by atoms with Crippen LogP contribution in [0.3, 0.4) is 0 Å². The van der Waals surface area contributed by atoms with Crippen molar-refractivity contribution in [3.05, 3.63) is 178 Å². The van der Waals surface area contributed by atoms with Crippen LogP contribution in [0.15, 0.2) is 133 Å². The summed E-state index contributed by atoms with van der Waals surface area (Å²) < 4.78 is 13.9. The highest BCUT2D eigenvalue weighted by Gasteiger charge is 2.66. The van der Waals surface area contributed by atoms with E-state index in [1.54, 1.807) is 0 Å². The van der Waals surface area contributed by atoms with Crippen LogP contribution >= 0.6 is 63.7 Å². The molecule has 2 heterocycles. The number of ether oxygens (including phenoxy) is 2. The zero-order chi connectivity index (χ0) is 32.6. The van der Waals surface area contributed by atoms with Crippen LogP contribution in [-0.2, 0) is 23.7 Å². The molecular weight excluding hydrogens is 856 g/mol. The summed E-state index contributed by atoms with van der Waals surface area (Å²) in [6.45, 7) is 0. The monoisotopic (exact) mass is 880 g/mol. The molecule has 0 radical (unpaired) electrons. The average Bonchev–Trinajstić information content (AvgIpc) is 3.09. The fraction of sp³-hybridized carbons (Fsp3) is 0.143. The third-order valence-corrected chi connectivity index (χ3v) is 11.6. The molecule has 48 heavy (non-hydrogen) atoms. The second-order valence-electron chi connectivity index (χ2n) is 12.6. The molecule has 0 amide bonds. The van der Waals surface area contributed by atoms with Crippen LogP contribution < -0.4 is 9.47 Å². The maximum absolute atomic E-state index is 6.83. The zero-order valence-electron chi connectivity index (χ0n) is 25.6. The highest BCUT2D eigenvalue weighted by atomic mass is 79.9. The van der Waals surface area contributed by atoms with Gasteiger partial charge in [-0.15, -0.1) is 0 Å². The van der Waals surface area contributed by atoms with E-state index in [4.69, 9.17) is 9.47 Å². The van der Waals surface area contributed by atoms with Gasteiger partial charge in [0.15, 0.2) is 0 Å². The number of alkyl halides is 4. The largest absolute Gasteiger partial charge is 0.457 e. The zero-order valence-corrected chi connectivity index (χ0v) is 31.9. The molecule has 0 N–H and O–H groups in total. The highest BCUT2D eigenvalue weighted by Crippen LogP contribution is 2.72. The molecule has 0 unspecified atom stereocenters. The Kier molecular flexibility index (Phi) is 7.54. The smallest absolute Gasteiger partial charge is 0.131 e. The molecule has 2 aliphatic heterocycles. The van der Waals surface area contributed by atoms with Crippen molar-refractivity contribution in [1.82, 2.24) is 0 Å². The van der Waals surface area contributed by atoms with E-state index in [2.05, 4.69) is 197 Å². The van der Waals surface area contributed by atoms with Crippen LogP contribution in [-0.4, -0.2) is 7.47 Å². The summed E-state index contributed by atoms with van der Waals surface area (Å²) in [7, 11) is 0. The number of para-hydroxylation sites is 4. The van der Waals surface area contributed by atoms with Gasteiger partial charge in [0, 0.05) is 22.3 Å². The average molecular weight is 884 g/mol. The molecule has 0 atom stereocenters. The summed E-state index contributed by atoms with van der Waals surface area (Å²) in [6.07, 6.45) is 1.62. The summed E-state index contributed by atoms with van der Waals surface area (Å²) in [5.41, 5.74) is 10.7. The molecule has 236 valence electrons. The Balaban J connectivity index is 1.61. The topological polar surface area (TPSA) is 18.5 Å². The summed E-state index contributed by atoms with van der Waals surface area (Å²) >= 11 is 15.4. The van der Waals surface area contributed by atoms with E-state index < -0.39 is 10.8 Å². The van der Waals surface area contributed by atoms with Gasteiger partial charge in [-0.1, -0.05) is 173 Å². The van der Waals surface area contributed by atoms with Crippen LogP contribution in [0.5, 0.6) is 23.0 Å². The van der Waals surface area contributed by atoms with Crippen molar-refractivity contribution in [3.63, 3.8) is 0 Å². The first-order chi connectivity index (χ1) is 23.5. The fourth-order valence-corrected chi connectivity index (χ4v) is 10.3.